The van der Waals surface area contributed by atoms with Gasteiger partial charge in [-0.3, -0.25) is 0 Å². The van der Waals surface area contributed by atoms with Crippen molar-refractivity contribution in [2.45, 2.75) is 13.5 Å². The molecule has 7 heteroatoms. The zero-order chi connectivity index (χ0) is 14.5. The molecule has 1 aromatic rings. The van der Waals surface area contributed by atoms with E-state index in [2.05, 4.69) is 5.32 Å². The predicted octanol–water partition coefficient (Wildman–Crippen LogP) is 1.58. The minimum atomic E-state index is -2.98. The van der Waals surface area contributed by atoms with E-state index in [-0.39, 0.29) is 17.3 Å². The quantitative estimate of drug-likeness (QED) is 0.748. The van der Waals surface area contributed by atoms with Crippen molar-refractivity contribution in [2.75, 3.05) is 25.2 Å². The van der Waals surface area contributed by atoms with E-state index in [1.54, 1.807) is 13.0 Å². The molecule has 0 amide bonds. The Morgan fingerprint density at radius 1 is 1.42 bits per heavy atom. The highest BCUT2D eigenvalue weighted by atomic mass is 35.5. The van der Waals surface area contributed by atoms with Crippen LogP contribution < -0.4 is 10.1 Å². The van der Waals surface area contributed by atoms with Gasteiger partial charge in [-0.1, -0.05) is 18.5 Å². The number of hydrogen-bond acceptors (Lipinski definition) is 5. The number of nitrogens with one attached hydrogen (secondary N) is 1. The van der Waals surface area contributed by atoms with Crippen molar-refractivity contribution in [3.63, 3.8) is 0 Å². The number of phenols is 1. The van der Waals surface area contributed by atoms with E-state index in [0.29, 0.717) is 29.4 Å². The number of halogens is 1. The lowest BCUT2D eigenvalue weighted by Gasteiger charge is -2.10. The van der Waals surface area contributed by atoms with E-state index >= 15 is 0 Å². The Bertz CT molecular complexity index is 531. The number of rotatable bonds is 7. The molecule has 108 valence electrons. The van der Waals surface area contributed by atoms with Crippen molar-refractivity contribution in [3.05, 3.63) is 22.7 Å². The van der Waals surface area contributed by atoms with Crippen molar-refractivity contribution in [2.24, 2.45) is 0 Å². The average molecular weight is 308 g/mol. The third kappa shape index (κ3) is 4.89. The highest BCUT2D eigenvalue weighted by molar-refractivity contribution is 7.91. The van der Waals surface area contributed by atoms with Gasteiger partial charge in [0.2, 0.25) is 0 Å². The lowest BCUT2D eigenvalue weighted by atomic mass is 10.2. The summed E-state index contributed by atoms with van der Waals surface area (Å²) >= 11 is 5.89. The molecule has 0 aliphatic heterocycles. The summed E-state index contributed by atoms with van der Waals surface area (Å²) in [5, 5.41) is 13.3. The molecule has 0 atom stereocenters. The molecule has 0 radical (unpaired) electrons. The topological polar surface area (TPSA) is 75.6 Å². The molecule has 1 aromatic carbocycles. The summed E-state index contributed by atoms with van der Waals surface area (Å²) in [4.78, 5) is 0. The van der Waals surface area contributed by atoms with Crippen LogP contribution in [-0.4, -0.2) is 38.7 Å². The summed E-state index contributed by atoms with van der Waals surface area (Å²) in [5.74, 6) is 0.510. The molecule has 0 bridgehead atoms. The maximum absolute atomic E-state index is 11.3. The van der Waals surface area contributed by atoms with Gasteiger partial charge in [0.25, 0.3) is 0 Å². The smallest absolute Gasteiger partial charge is 0.162 e. The summed E-state index contributed by atoms with van der Waals surface area (Å²) in [6.07, 6.45) is 0. The number of sulfone groups is 1. The van der Waals surface area contributed by atoms with Crippen molar-refractivity contribution < 1.29 is 18.3 Å². The minimum absolute atomic E-state index is 0.0118. The van der Waals surface area contributed by atoms with Crippen molar-refractivity contribution in [1.82, 2.24) is 5.32 Å². The predicted molar refractivity (Wildman–Crippen MR) is 75.7 cm³/mol. The molecule has 0 saturated carbocycles. The largest absolute Gasteiger partial charge is 0.504 e. The molecular weight excluding hydrogens is 290 g/mol. The van der Waals surface area contributed by atoms with E-state index in [0.717, 1.165) is 0 Å². The molecule has 0 saturated heterocycles. The minimum Gasteiger partial charge on any atom is -0.504 e. The van der Waals surface area contributed by atoms with Crippen LogP contribution in [0.15, 0.2) is 12.1 Å². The number of phenolic OH excluding ortho intramolecular Hbond substituents is 1. The molecule has 0 fully saturated rings. The lowest BCUT2D eigenvalue weighted by molar-refractivity contribution is 0.370. The standard InChI is InChI=1S/C12H18ClNO4S/c1-3-19(16,17)5-4-14-8-9-6-10(13)7-11(18-2)12(9)15/h6-7,14-15H,3-5,8H2,1-2H3. The molecule has 0 unspecified atom stereocenters. The molecule has 0 spiro atoms. The molecule has 5 nitrogen and oxygen atoms in total. The second-order valence-electron chi connectivity index (χ2n) is 4.03. The SMILES string of the molecule is CCS(=O)(=O)CCNCc1cc(Cl)cc(OC)c1O. The van der Waals surface area contributed by atoms with Gasteiger partial charge < -0.3 is 15.2 Å². The number of hydrogen-bond donors (Lipinski definition) is 2. The third-order valence-electron chi connectivity index (χ3n) is 2.68. The van der Waals surface area contributed by atoms with Crippen LogP contribution in [0.3, 0.4) is 0 Å². The molecule has 0 aliphatic carbocycles. The second kappa shape index (κ2) is 6.98. The van der Waals surface area contributed by atoms with Crippen LogP contribution in [0.25, 0.3) is 0 Å². The molecule has 1 rings (SSSR count). The highest BCUT2D eigenvalue weighted by Gasteiger charge is 2.11. The van der Waals surface area contributed by atoms with Crippen LogP contribution in [-0.2, 0) is 16.4 Å². The fourth-order valence-electron chi connectivity index (χ4n) is 1.51. The fraction of sp³-hybridized carbons (Fsp3) is 0.500. The lowest BCUT2D eigenvalue weighted by Crippen LogP contribution is -2.23. The summed E-state index contributed by atoms with van der Waals surface area (Å²) in [5.41, 5.74) is 0.568. The first-order valence-electron chi connectivity index (χ1n) is 5.86. The first-order chi connectivity index (χ1) is 8.89. The number of benzene rings is 1. The maximum Gasteiger partial charge on any atom is 0.162 e. The van der Waals surface area contributed by atoms with Gasteiger partial charge in [0.05, 0.1) is 12.9 Å². The first kappa shape index (κ1) is 16.1. The monoisotopic (exact) mass is 307 g/mol. The van der Waals surface area contributed by atoms with Crippen molar-refractivity contribution in [3.8, 4) is 11.5 Å². The Morgan fingerprint density at radius 2 is 2.11 bits per heavy atom. The Morgan fingerprint density at radius 3 is 2.68 bits per heavy atom. The number of methoxy groups -OCH3 is 1. The van der Waals surface area contributed by atoms with Crippen molar-refractivity contribution in [1.29, 1.82) is 0 Å². The molecule has 0 aromatic heterocycles. The second-order valence-corrected chi connectivity index (χ2v) is 6.94. The van der Waals surface area contributed by atoms with Gasteiger partial charge in [0.15, 0.2) is 21.3 Å². The van der Waals surface area contributed by atoms with Crippen LogP contribution in [0, 0.1) is 0 Å². The van der Waals surface area contributed by atoms with Gasteiger partial charge in [0.1, 0.15) is 0 Å². The van der Waals surface area contributed by atoms with Gasteiger partial charge in [-0.15, -0.1) is 0 Å². The molecular formula is C12H18ClNO4S. The van der Waals surface area contributed by atoms with E-state index in [1.165, 1.54) is 13.2 Å². The average Bonchev–Trinajstić information content (AvgIpc) is 2.38. The third-order valence-corrected chi connectivity index (χ3v) is 4.61. The molecule has 0 aliphatic rings. The van der Waals surface area contributed by atoms with Crippen molar-refractivity contribution >= 4 is 21.4 Å². The van der Waals surface area contributed by atoms with E-state index in [9.17, 15) is 13.5 Å². The summed E-state index contributed by atoms with van der Waals surface area (Å²) in [6.45, 7) is 2.26. The van der Waals surface area contributed by atoms with E-state index in [1.807, 2.05) is 0 Å². The Hall–Kier alpha value is -0.980. The van der Waals surface area contributed by atoms with Gasteiger partial charge in [0, 0.05) is 35.5 Å². The zero-order valence-electron chi connectivity index (χ0n) is 10.9. The van der Waals surface area contributed by atoms with Gasteiger partial charge in [-0.2, -0.15) is 0 Å². The van der Waals surface area contributed by atoms with Crippen LogP contribution in [0.1, 0.15) is 12.5 Å². The highest BCUT2D eigenvalue weighted by Crippen LogP contribution is 2.33. The Balaban J connectivity index is 2.61. The Kier molecular flexibility index (Phi) is 5.90. The van der Waals surface area contributed by atoms with Gasteiger partial charge in [-0.05, 0) is 6.07 Å². The fourth-order valence-corrected chi connectivity index (χ4v) is 2.49. The zero-order valence-corrected chi connectivity index (χ0v) is 12.5. The van der Waals surface area contributed by atoms with Gasteiger partial charge >= 0.3 is 0 Å². The number of ether oxygens (including phenoxy) is 1. The van der Waals surface area contributed by atoms with Crippen LogP contribution in [0.4, 0.5) is 0 Å². The van der Waals surface area contributed by atoms with Crippen LogP contribution >= 0.6 is 11.6 Å². The van der Waals surface area contributed by atoms with Crippen LogP contribution in [0.5, 0.6) is 11.5 Å². The van der Waals surface area contributed by atoms with Gasteiger partial charge in [-0.25, -0.2) is 8.42 Å². The summed E-state index contributed by atoms with van der Waals surface area (Å²) < 4.78 is 27.6. The van der Waals surface area contributed by atoms with E-state index < -0.39 is 9.84 Å². The summed E-state index contributed by atoms with van der Waals surface area (Å²) in [7, 11) is -1.54. The Labute approximate surface area is 118 Å². The van der Waals surface area contributed by atoms with Crippen LogP contribution in [0.2, 0.25) is 5.02 Å². The first-order valence-corrected chi connectivity index (χ1v) is 8.06. The van der Waals surface area contributed by atoms with E-state index in [4.69, 9.17) is 16.3 Å². The maximum atomic E-state index is 11.3. The molecule has 0 heterocycles. The molecule has 19 heavy (non-hydrogen) atoms. The summed E-state index contributed by atoms with van der Waals surface area (Å²) in [6, 6.07) is 3.13. The normalized spacial score (nSPS) is 11.5. The molecule has 2 N–H and O–H groups in total. The number of aromatic hydroxyl groups is 1.